The van der Waals surface area contributed by atoms with Crippen LogP contribution >= 0.6 is 0 Å². The van der Waals surface area contributed by atoms with Gasteiger partial charge in [-0.2, -0.15) is 0 Å². The summed E-state index contributed by atoms with van der Waals surface area (Å²) in [5.74, 6) is 1.44. The first-order valence-electron chi connectivity index (χ1n) is 19.5. The number of fused-ring (bicyclic) bond motifs is 10. The highest BCUT2D eigenvalue weighted by atomic mass is 16.3. The highest BCUT2D eigenvalue weighted by Gasteiger charge is 2.19. The minimum absolute atomic E-state index is 0.650. The molecule has 3 heterocycles. The third-order valence-corrected chi connectivity index (χ3v) is 11.5. The zero-order chi connectivity index (χ0) is 38.2. The topological polar surface area (TPSA) is 56.7 Å². The normalized spacial score (nSPS) is 11.8. The number of rotatable bonds is 5. The van der Waals surface area contributed by atoms with Crippen LogP contribution in [0.25, 0.3) is 116 Å². The molecule has 0 aliphatic rings. The summed E-state index contributed by atoms with van der Waals surface area (Å²) in [6.07, 6.45) is 3.77. The van der Waals surface area contributed by atoms with E-state index in [1.54, 1.807) is 0 Å². The van der Waals surface area contributed by atoms with Gasteiger partial charge in [0.1, 0.15) is 17.0 Å². The third-order valence-electron chi connectivity index (χ3n) is 11.5. The van der Waals surface area contributed by atoms with Crippen molar-refractivity contribution in [3.8, 4) is 50.7 Å². The Bertz CT molecular complexity index is 3510. The van der Waals surface area contributed by atoms with E-state index in [1.165, 1.54) is 43.4 Å². The van der Waals surface area contributed by atoms with E-state index in [4.69, 9.17) is 19.4 Å². The first-order valence-corrected chi connectivity index (χ1v) is 19.5. The highest BCUT2D eigenvalue weighted by Crippen LogP contribution is 2.41. The lowest BCUT2D eigenvalue weighted by atomic mass is 9.94. The quantitative estimate of drug-likeness (QED) is 0.165. The molecule has 58 heavy (non-hydrogen) atoms. The van der Waals surface area contributed by atoms with Crippen molar-refractivity contribution in [3.63, 3.8) is 0 Å². The average molecular weight is 741 g/mol. The highest BCUT2D eigenvalue weighted by molar-refractivity contribution is 6.25. The lowest BCUT2D eigenvalue weighted by Crippen LogP contribution is -1.99. The van der Waals surface area contributed by atoms with Gasteiger partial charge in [-0.3, -0.25) is 4.57 Å². The first kappa shape index (κ1) is 32.4. The second-order valence-electron chi connectivity index (χ2n) is 14.8. The molecule has 0 aliphatic carbocycles. The molecule has 3 aromatic heterocycles. The molecule has 12 aromatic rings. The predicted molar refractivity (Wildman–Crippen MR) is 238 cm³/mol. The maximum absolute atomic E-state index is 6.56. The van der Waals surface area contributed by atoms with Gasteiger partial charge in [0.2, 0.25) is 0 Å². The van der Waals surface area contributed by atoms with Crippen molar-refractivity contribution in [2.24, 2.45) is 0 Å². The van der Waals surface area contributed by atoms with Gasteiger partial charge >= 0.3 is 0 Å². The maximum atomic E-state index is 6.56. The van der Waals surface area contributed by atoms with Gasteiger partial charge < -0.3 is 4.42 Å². The maximum Gasteiger partial charge on any atom is 0.159 e. The lowest BCUT2D eigenvalue weighted by molar-refractivity contribution is 0.670. The molecule has 0 unspecified atom stereocenters. The number of furan rings is 1. The van der Waals surface area contributed by atoms with Crippen molar-refractivity contribution in [1.29, 1.82) is 0 Å². The van der Waals surface area contributed by atoms with Crippen LogP contribution in [0.5, 0.6) is 0 Å². The fourth-order valence-corrected chi connectivity index (χ4v) is 8.84. The summed E-state index contributed by atoms with van der Waals surface area (Å²) >= 11 is 0. The summed E-state index contributed by atoms with van der Waals surface area (Å²) in [7, 11) is 0. The van der Waals surface area contributed by atoms with Crippen molar-refractivity contribution in [1.82, 2.24) is 19.5 Å². The van der Waals surface area contributed by atoms with E-state index < -0.39 is 0 Å². The number of imidazole rings is 1. The monoisotopic (exact) mass is 740 g/mol. The number of benzene rings is 9. The van der Waals surface area contributed by atoms with Crippen LogP contribution in [0.2, 0.25) is 0 Å². The summed E-state index contributed by atoms with van der Waals surface area (Å²) < 4.78 is 8.79. The Kier molecular flexibility index (Phi) is 7.16. The smallest absolute Gasteiger partial charge is 0.159 e. The summed E-state index contributed by atoms with van der Waals surface area (Å²) in [5, 5.41) is 9.67. The summed E-state index contributed by atoms with van der Waals surface area (Å²) in [5.41, 5.74) is 11.0. The van der Waals surface area contributed by atoms with Gasteiger partial charge in [-0.05, 0) is 79.3 Å². The molecule has 12 rings (SSSR count). The van der Waals surface area contributed by atoms with E-state index >= 15 is 0 Å². The van der Waals surface area contributed by atoms with Crippen molar-refractivity contribution in [2.75, 3.05) is 0 Å². The molecule has 0 bridgehead atoms. The Morgan fingerprint density at radius 3 is 1.76 bits per heavy atom. The average Bonchev–Trinajstić information content (AvgIpc) is 3.89. The molecule has 5 heteroatoms. The Morgan fingerprint density at radius 1 is 0.414 bits per heavy atom. The van der Waals surface area contributed by atoms with Gasteiger partial charge in [0.25, 0.3) is 0 Å². The van der Waals surface area contributed by atoms with E-state index in [9.17, 15) is 0 Å². The van der Waals surface area contributed by atoms with Crippen molar-refractivity contribution < 1.29 is 4.42 Å². The third kappa shape index (κ3) is 5.00. The van der Waals surface area contributed by atoms with E-state index in [0.29, 0.717) is 5.82 Å². The Morgan fingerprint density at radius 2 is 1.00 bits per heavy atom. The summed E-state index contributed by atoms with van der Waals surface area (Å²) in [6, 6.07) is 64.0. The fourth-order valence-electron chi connectivity index (χ4n) is 8.84. The molecule has 0 spiro atoms. The minimum Gasteiger partial charge on any atom is -0.455 e. The Labute approximate surface area is 333 Å². The molecule has 270 valence electrons. The zero-order valence-corrected chi connectivity index (χ0v) is 31.2. The van der Waals surface area contributed by atoms with Crippen LogP contribution in [0.3, 0.4) is 0 Å². The molecular formula is C53H32N4O. The molecule has 0 amide bonds. The molecular weight excluding hydrogens is 709 g/mol. The van der Waals surface area contributed by atoms with E-state index in [2.05, 4.69) is 174 Å². The van der Waals surface area contributed by atoms with Crippen molar-refractivity contribution >= 4 is 65.3 Å². The van der Waals surface area contributed by atoms with Gasteiger partial charge in [-0.25, -0.2) is 15.0 Å². The number of hydrogen-bond donors (Lipinski definition) is 0. The van der Waals surface area contributed by atoms with Crippen LogP contribution < -0.4 is 0 Å². The first-order chi connectivity index (χ1) is 28.8. The van der Waals surface area contributed by atoms with Gasteiger partial charge in [0.15, 0.2) is 5.82 Å². The Balaban J connectivity index is 0.917. The fraction of sp³-hybridized carbons (Fsp3) is 0. The van der Waals surface area contributed by atoms with E-state index in [0.717, 1.165) is 66.7 Å². The lowest BCUT2D eigenvalue weighted by Gasteiger charge is -2.14. The van der Waals surface area contributed by atoms with Gasteiger partial charge in [0.05, 0.1) is 16.6 Å². The van der Waals surface area contributed by atoms with Crippen LogP contribution in [0, 0.1) is 0 Å². The van der Waals surface area contributed by atoms with Crippen LogP contribution in [0.4, 0.5) is 0 Å². The Hall–Kier alpha value is -7.89. The molecule has 5 nitrogen and oxygen atoms in total. The molecule has 0 radical (unpaired) electrons. The van der Waals surface area contributed by atoms with E-state index in [-0.39, 0.29) is 0 Å². The van der Waals surface area contributed by atoms with Gasteiger partial charge in [-0.1, -0.05) is 152 Å². The second kappa shape index (κ2) is 12.8. The molecule has 0 aliphatic heterocycles. The summed E-state index contributed by atoms with van der Waals surface area (Å²) in [4.78, 5) is 14.9. The molecule has 0 fully saturated rings. The predicted octanol–water partition coefficient (Wildman–Crippen LogP) is 13.8. The number of aromatic nitrogens is 4. The molecule has 0 saturated heterocycles. The second-order valence-corrected chi connectivity index (χ2v) is 14.8. The molecule has 0 N–H and O–H groups in total. The number of hydrogen-bond acceptors (Lipinski definition) is 4. The number of para-hydroxylation sites is 3. The molecule has 9 aromatic carbocycles. The summed E-state index contributed by atoms with van der Waals surface area (Å²) in [6.45, 7) is 0. The zero-order valence-electron chi connectivity index (χ0n) is 31.2. The van der Waals surface area contributed by atoms with Crippen LogP contribution in [0.1, 0.15) is 0 Å². The van der Waals surface area contributed by atoms with Crippen LogP contribution in [-0.4, -0.2) is 19.5 Å². The van der Waals surface area contributed by atoms with E-state index in [1.807, 2.05) is 24.5 Å². The van der Waals surface area contributed by atoms with Gasteiger partial charge in [0, 0.05) is 40.0 Å². The molecule has 0 atom stereocenters. The number of nitrogens with zero attached hydrogens (tertiary/aromatic N) is 4. The standard InChI is InChI=1S/C53H32N4O/c1-2-12-33(13-3-1)38-18-11-23-49-50(38)45-20-10-19-39(51(45)58-49)34-24-26-35(27-25-34)52-54-31-36(32-55-52)53-56-47-21-8-9-22-48(47)57(53)37-28-29-44-42-16-5-4-14-40(42)41-15-6-7-17-43(41)46(44)30-37/h1-32H. The molecule has 0 saturated carbocycles. The van der Waals surface area contributed by atoms with Crippen LogP contribution in [0.15, 0.2) is 199 Å². The van der Waals surface area contributed by atoms with Crippen molar-refractivity contribution in [2.45, 2.75) is 0 Å². The largest absolute Gasteiger partial charge is 0.455 e. The van der Waals surface area contributed by atoms with Gasteiger partial charge in [-0.15, -0.1) is 0 Å². The van der Waals surface area contributed by atoms with Crippen LogP contribution in [-0.2, 0) is 0 Å². The SMILES string of the molecule is c1ccc(-c2cccc3oc4c(-c5ccc(-c6ncc(-c7nc8ccccc8n7-c7ccc8c9ccccc9c9ccccc9c8c7)cn6)cc5)cccc4c23)cc1. The van der Waals surface area contributed by atoms with Crippen molar-refractivity contribution in [3.05, 3.63) is 194 Å². The minimum atomic E-state index is 0.650.